The van der Waals surface area contributed by atoms with Crippen LogP contribution in [-0.4, -0.2) is 31.7 Å². The first kappa shape index (κ1) is 21.4. The van der Waals surface area contributed by atoms with E-state index >= 15 is 0 Å². The molecule has 6 nitrogen and oxygen atoms in total. The molecule has 0 radical (unpaired) electrons. The molecule has 0 saturated heterocycles. The molecule has 27 heavy (non-hydrogen) atoms. The summed E-state index contributed by atoms with van der Waals surface area (Å²) < 4.78 is 26.7. The van der Waals surface area contributed by atoms with Gasteiger partial charge in [0, 0.05) is 18.0 Å². The Hall–Kier alpha value is -1.92. The van der Waals surface area contributed by atoms with E-state index in [1.54, 1.807) is 13.8 Å². The van der Waals surface area contributed by atoms with E-state index in [9.17, 15) is 18.5 Å². The van der Waals surface area contributed by atoms with Gasteiger partial charge in [-0.1, -0.05) is 25.4 Å². The fourth-order valence-corrected chi connectivity index (χ4v) is 5.27. The number of aryl methyl sites for hydroxylation is 1. The number of benzene rings is 1. The molecule has 0 fully saturated rings. The lowest BCUT2D eigenvalue weighted by atomic mass is 10.1. The van der Waals surface area contributed by atoms with Crippen LogP contribution >= 0.6 is 22.9 Å². The highest BCUT2D eigenvalue weighted by molar-refractivity contribution is 7.89. The summed E-state index contributed by atoms with van der Waals surface area (Å²) in [4.78, 5) is 13.6. The summed E-state index contributed by atoms with van der Waals surface area (Å²) in [5.41, 5.74) is 1.24. The van der Waals surface area contributed by atoms with Crippen molar-refractivity contribution in [3.05, 3.63) is 44.8 Å². The van der Waals surface area contributed by atoms with Crippen molar-refractivity contribution in [3.8, 4) is 6.07 Å². The first-order chi connectivity index (χ1) is 12.7. The predicted molar refractivity (Wildman–Crippen MR) is 108 cm³/mol. The normalized spacial score (nSPS) is 11.4. The maximum Gasteiger partial charge on any atom is 0.257 e. The number of thiophene rings is 1. The van der Waals surface area contributed by atoms with Crippen LogP contribution in [0.2, 0.25) is 5.02 Å². The number of amides is 1. The molecule has 1 aromatic carbocycles. The van der Waals surface area contributed by atoms with Crippen molar-refractivity contribution in [1.29, 1.82) is 5.26 Å². The number of anilines is 1. The summed E-state index contributed by atoms with van der Waals surface area (Å²) in [6, 6.07) is 6.12. The van der Waals surface area contributed by atoms with Crippen LogP contribution in [0.4, 0.5) is 5.00 Å². The molecule has 0 aliphatic heterocycles. The Balaban J connectivity index is 2.44. The van der Waals surface area contributed by atoms with Crippen LogP contribution in [0.25, 0.3) is 0 Å². The molecule has 0 unspecified atom stereocenters. The lowest BCUT2D eigenvalue weighted by molar-refractivity contribution is 0.102. The third-order valence-corrected chi connectivity index (χ3v) is 7.75. The fourth-order valence-electron chi connectivity index (χ4n) is 2.57. The van der Waals surface area contributed by atoms with E-state index in [0.717, 1.165) is 10.4 Å². The molecule has 1 amide bonds. The zero-order chi connectivity index (χ0) is 20.4. The van der Waals surface area contributed by atoms with Gasteiger partial charge in [0.2, 0.25) is 10.0 Å². The van der Waals surface area contributed by atoms with Gasteiger partial charge in [0.15, 0.2) is 0 Å². The van der Waals surface area contributed by atoms with Gasteiger partial charge >= 0.3 is 0 Å². The highest BCUT2D eigenvalue weighted by Gasteiger charge is 2.24. The van der Waals surface area contributed by atoms with Gasteiger partial charge in [0.1, 0.15) is 11.1 Å². The SMILES string of the molecule is CCN(CC)S(=O)(=O)c1ccc(Cl)c(C(=O)Nc2sc(C)c(C)c2C#N)c1. The molecule has 0 saturated carbocycles. The molecule has 9 heteroatoms. The number of hydrogen-bond donors (Lipinski definition) is 1. The topological polar surface area (TPSA) is 90.3 Å². The third kappa shape index (κ3) is 4.17. The second kappa shape index (κ2) is 8.40. The fraction of sp³-hybridized carbons (Fsp3) is 0.333. The third-order valence-electron chi connectivity index (χ3n) is 4.25. The van der Waals surface area contributed by atoms with Gasteiger partial charge in [-0.15, -0.1) is 11.3 Å². The van der Waals surface area contributed by atoms with Gasteiger partial charge in [-0.25, -0.2) is 8.42 Å². The molecule has 0 spiro atoms. The molecule has 2 aromatic rings. The van der Waals surface area contributed by atoms with Crippen LogP contribution in [-0.2, 0) is 10.0 Å². The van der Waals surface area contributed by atoms with Crippen LogP contribution in [0.5, 0.6) is 0 Å². The number of carbonyl (C=O) groups excluding carboxylic acids is 1. The minimum Gasteiger partial charge on any atom is -0.312 e. The van der Waals surface area contributed by atoms with Crippen LogP contribution in [0.15, 0.2) is 23.1 Å². The maximum absolute atomic E-state index is 12.7. The maximum atomic E-state index is 12.7. The van der Waals surface area contributed by atoms with Gasteiger partial charge in [-0.3, -0.25) is 4.79 Å². The second-order valence-electron chi connectivity index (χ2n) is 5.78. The van der Waals surface area contributed by atoms with E-state index < -0.39 is 15.9 Å². The molecular weight excluding hydrogens is 406 g/mol. The summed E-state index contributed by atoms with van der Waals surface area (Å²) in [6.45, 7) is 7.81. The number of hydrogen-bond acceptors (Lipinski definition) is 5. The summed E-state index contributed by atoms with van der Waals surface area (Å²) in [5, 5.41) is 12.5. The molecule has 1 N–H and O–H groups in total. The number of sulfonamides is 1. The summed E-state index contributed by atoms with van der Waals surface area (Å²) in [7, 11) is -3.72. The van der Waals surface area contributed by atoms with Gasteiger partial charge in [-0.2, -0.15) is 9.57 Å². The van der Waals surface area contributed by atoms with Crippen molar-refractivity contribution in [1.82, 2.24) is 4.31 Å². The molecule has 1 aromatic heterocycles. The standard InChI is InChI=1S/C18H20ClN3O3S2/c1-5-22(6-2)27(24,25)13-7-8-16(19)14(9-13)17(23)21-18-15(10-20)11(3)12(4)26-18/h7-9H,5-6H2,1-4H3,(H,21,23). The van der Waals surface area contributed by atoms with E-state index in [1.165, 1.54) is 33.8 Å². The van der Waals surface area contributed by atoms with Crippen molar-refractivity contribution in [2.75, 3.05) is 18.4 Å². The number of carbonyl (C=O) groups is 1. The van der Waals surface area contributed by atoms with Crippen LogP contribution in [0, 0.1) is 25.2 Å². The summed E-state index contributed by atoms with van der Waals surface area (Å²) >= 11 is 7.43. The lowest BCUT2D eigenvalue weighted by Crippen LogP contribution is -2.30. The number of nitrogens with one attached hydrogen (secondary N) is 1. The number of nitriles is 1. The average molecular weight is 426 g/mol. The van der Waals surface area contributed by atoms with Crippen molar-refractivity contribution in [2.45, 2.75) is 32.6 Å². The molecule has 0 atom stereocenters. The summed E-state index contributed by atoms with van der Waals surface area (Å²) in [5.74, 6) is -0.561. The monoisotopic (exact) mass is 425 g/mol. The Bertz CT molecular complexity index is 1020. The van der Waals surface area contributed by atoms with E-state index in [4.69, 9.17) is 11.6 Å². The minimum absolute atomic E-state index is 0.000188. The van der Waals surface area contributed by atoms with E-state index in [0.29, 0.717) is 23.7 Å². The van der Waals surface area contributed by atoms with E-state index in [-0.39, 0.29) is 15.5 Å². The minimum atomic E-state index is -3.72. The van der Waals surface area contributed by atoms with Crippen molar-refractivity contribution in [3.63, 3.8) is 0 Å². The molecule has 1 heterocycles. The van der Waals surface area contributed by atoms with Crippen molar-refractivity contribution >= 4 is 43.9 Å². The molecule has 0 aliphatic rings. The zero-order valence-electron chi connectivity index (χ0n) is 15.5. The van der Waals surface area contributed by atoms with Crippen LogP contribution in [0.1, 0.15) is 40.2 Å². The smallest absolute Gasteiger partial charge is 0.257 e. The second-order valence-corrected chi connectivity index (χ2v) is 9.35. The Kier molecular flexibility index (Phi) is 6.65. The van der Waals surface area contributed by atoms with Crippen molar-refractivity contribution < 1.29 is 13.2 Å². The summed E-state index contributed by atoms with van der Waals surface area (Å²) in [6.07, 6.45) is 0. The molecular formula is C18H20ClN3O3S2. The largest absolute Gasteiger partial charge is 0.312 e. The lowest BCUT2D eigenvalue weighted by Gasteiger charge is -2.19. The highest BCUT2D eigenvalue weighted by Crippen LogP contribution is 2.32. The quantitative estimate of drug-likeness (QED) is 0.751. The van der Waals surface area contributed by atoms with E-state index in [2.05, 4.69) is 11.4 Å². The highest BCUT2D eigenvalue weighted by atomic mass is 35.5. The first-order valence-electron chi connectivity index (χ1n) is 8.28. The molecule has 2 rings (SSSR count). The Morgan fingerprint density at radius 3 is 2.48 bits per heavy atom. The first-order valence-corrected chi connectivity index (χ1v) is 10.9. The predicted octanol–water partition coefficient (Wildman–Crippen LogP) is 4.17. The molecule has 0 aliphatic carbocycles. The van der Waals surface area contributed by atoms with Gasteiger partial charge in [-0.05, 0) is 37.6 Å². The molecule has 144 valence electrons. The number of halogens is 1. The Morgan fingerprint density at radius 2 is 1.93 bits per heavy atom. The average Bonchev–Trinajstić information content (AvgIpc) is 2.88. The van der Waals surface area contributed by atoms with Crippen LogP contribution in [0.3, 0.4) is 0 Å². The number of nitrogens with zero attached hydrogens (tertiary/aromatic N) is 2. The zero-order valence-corrected chi connectivity index (χ0v) is 17.8. The van der Waals surface area contributed by atoms with Gasteiger partial charge < -0.3 is 5.32 Å². The van der Waals surface area contributed by atoms with Crippen molar-refractivity contribution in [2.24, 2.45) is 0 Å². The Morgan fingerprint density at radius 1 is 1.30 bits per heavy atom. The van der Waals surface area contributed by atoms with Gasteiger partial charge in [0.05, 0.1) is 21.0 Å². The van der Waals surface area contributed by atoms with Gasteiger partial charge in [0.25, 0.3) is 5.91 Å². The number of rotatable bonds is 6. The van der Waals surface area contributed by atoms with Crippen LogP contribution < -0.4 is 5.32 Å². The Labute approximate surface area is 168 Å². The van der Waals surface area contributed by atoms with E-state index in [1.807, 2.05) is 13.8 Å². The molecule has 0 bridgehead atoms.